The van der Waals surface area contributed by atoms with Gasteiger partial charge in [-0.05, 0) is 19.4 Å². The van der Waals surface area contributed by atoms with Gasteiger partial charge in [0.2, 0.25) is 0 Å². The molecule has 0 spiro atoms. The molecule has 0 atom stereocenters. The molecule has 0 amide bonds. The molecule has 2 rings (SSSR count). The first-order valence-electron chi connectivity index (χ1n) is 6.16. The summed E-state index contributed by atoms with van der Waals surface area (Å²) in [6, 6.07) is 2.13. The molecule has 1 fully saturated rings. The lowest BCUT2D eigenvalue weighted by atomic mass is 10.2. The van der Waals surface area contributed by atoms with Gasteiger partial charge in [0.1, 0.15) is 12.1 Å². The molecule has 16 heavy (non-hydrogen) atoms. The zero-order chi connectivity index (χ0) is 11.2. The molecule has 1 aliphatic heterocycles. The fourth-order valence-electron chi connectivity index (χ4n) is 2.03. The summed E-state index contributed by atoms with van der Waals surface area (Å²) in [6.45, 7) is 6.48. The first-order valence-corrected chi connectivity index (χ1v) is 6.16. The Labute approximate surface area is 97.1 Å². The van der Waals surface area contributed by atoms with E-state index in [4.69, 9.17) is 0 Å². The first kappa shape index (κ1) is 11.3. The van der Waals surface area contributed by atoms with Gasteiger partial charge in [0.25, 0.3) is 0 Å². The molecule has 4 heteroatoms. The van der Waals surface area contributed by atoms with Crippen LogP contribution in [0.15, 0.2) is 12.4 Å². The smallest absolute Gasteiger partial charge is 0.132 e. The van der Waals surface area contributed by atoms with E-state index in [0.29, 0.717) is 0 Å². The van der Waals surface area contributed by atoms with Gasteiger partial charge in [-0.15, -0.1) is 0 Å². The molecule has 0 aliphatic carbocycles. The zero-order valence-electron chi connectivity index (χ0n) is 9.95. The molecule has 0 unspecified atom stereocenters. The highest BCUT2D eigenvalue weighted by Crippen LogP contribution is 2.13. The summed E-state index contributed by atoms with van der Waals surface area (Å²) in [5, 5.41) is 3.40. The van der Waals surface area contributed by atoms with Gasteiger partial charge in [0.05, 0.1) is 0 Å². The van der Waals surface area contributed by atoms with Crippen molar-refractivity contribution in [2.45, 2.75) is 26.2 Å². The fraction of sp³-hybridized carbons (Fsp3) is 0.667. The molecule has 1 aromatic rings. The van der Waals surface area contributed by atoms with E-state index >= 15 is 0 Å². The minimum Gasteiger partial charge on any atom is -0.355 e. The van der Waals surface area contributed by atoms with Crippen LogP contribution >= 0.6 is 0 Å². The quantitative estimate of drug-likeness (QED) is 0.832. The lowest BCUT2D eigenvalue weighted by Crippen LogP contribution is -2.28. The van der Waals surface area contributed by atoms with E-state index in [2.05, 4.69) is 33.2 Å². The van der Waals surface area contributed by atoms with Gasteiger partial charge in [-0.3, -0.25) is 0 Å². The highest BCUT2D eigenvalue weighted by atomic mass is 15.2. The topological polar surface area (TPSA) is 41.0 Å². The number of hydrogen-bond donors (Lipinski definition) is 1. The molecule has 0 aromatic carbocycles. The fourth-order valence-corrected chi connectivity index (χ4v) is 2.03. The summed E-state index contributed by atoms with van der Waals surface area (Å²) in [7, 11) is 0. The van der Waals surface area contributed by atoms with Crippen molar-refractivity contribution in [3.8, 4) is 0 Å². The molecule has 88 valence electrons. The molecule has 0 bridgehead atoms. The summed E-state index contributed by atoms with van der Waals surface area (Å²) >= 11 is 0. The van der Waals surface area contributed by atoms with Crippen molar-refractivity contribution < 1.29 is 0 Å². The highest BCUT2D eigenvalue weighted by molar-refractivity contribution is 5.39. The third-order valence-electron chi connectivity index (χ3n) is 2.88. The molecule has 1 aliphatic rings. The number of aromatic nitrogens is 2. The molecular formula is C12H20N4. The van der Waals surface area contributed by atoms with E-state index in [1.54, 1.807) is 6.33 Å². The Morgan fingerprint density at radius 3 is 3.12 bits per heavy atom. The molecule has 2 heterocycles. The molecule has 1 aromatic heterocycles. The maximum absolute atomic E-state index is 4.37. The lowest BCUT2D eigenvalue weighted by molar-refractivity contribution is 0.724. The van der Waals surface area contributed by atoms with E-state index in [0.717, 1.165) is 50.5 Å². The van der Waals surface area contributed by atoms with Gasteiger partial charge in [0.15, 0.2) is 0 Å². The Hall–Kier alpha value is -1.16. The van der Waals surface area contributed by atoms with Crippen molar-refractivity contribution in [3.63, 3.8) is 0 Å². The van der Waals surface area contributed by atoms with Crippen LogP contribution in [0.5, 0.6) is 0 Å². The van der Waals surface area contributed by atoms with Gasteiger partial charge in [-0.25, -0.2) is 9.97 Å². The van der Waals surface area contributed by atoms with E-state index in [9.17, 15) is 0 Å². The van der Waals surface area contributed by atoms with Crippen LogP contribution in [0, 0.1) is 0 Å². The van der Waals surface area contributed by atoms with Crippen molar-refractivity contribution in [1.82, 2.24) is 15.3 Å². The molecular weight excluding hydrogens is 200 g/mol. The lowest BCUT2D eigenvalue weighted by Gasteiger charge is -2.21. The number of nitrogens with one attached hydrogen (secondary N) is 1. The van der Waals surface area contributed by atoms with Gasteiger partial charge in [-0.1, -0.05) is 13.3 Å². The standard InChI is InChI=1S/C12H20N4/c1-2-4-11-9-12(15-10-14-11)16-7-3-5-13-6-8-16/h9-10,13H,2-8H2,1H3. The molecule has 0 saturated carbocycles. The van der Waals surface area contributed by atoms with E-state index in [-0.39, 0.29) is 0 Å². The number of aryl methyl sites for hydroxylation is 1. The predicted molar refractivity (Wildman–Crippen MR) is 65.7 cm³/mol. The summed E-state index contributed by atoms with van der Waals surface area (Å²) in [4.78, 5) is 11.0. The van der Waals surface area contributed by atoms with Crippen molar-refractivity contribution in [1.29, 1.82) is 0 Å². The van der Waals surface area contributed by atoms with Crippen LogP contribution < -0.4 is 10.2 Å². The Morgan fingerprint density at radius 1 is 1.31 bits per heavy atom. The Balaban J connectivity index is 2.08. The maximum Gasteiger partial charge on any atom is 0.132 e. The van der Waals surface area contributed by atoms with Crippen LogP contribution in [0.25, 0.3) is 0 Å². The average molecular weight is 220 g/mol. The van der Waals surface area contributed by atoms with Crippen molar-refractivity contribution in [2.75, 3.05) is 31.1 Å². The van der Waals surface area contributed by atoms with Gasteiger partial charge in [-0.2, -0.15) is 0 Å². The van der Waals surface area contributed by atoms with E-state index in [1.807, 2.05) is 0 Å². The number of rotatable bonds is 3. The van der Waals surface area contributed by atoms with Crippen molar-refractivity contribution in [2.24, 2.45) is 0 Å². The molecule has 1 N–H and O–H groups in total. The Kier molecular flexibility index (Phi) is 4.10. The number of hydrogen-bond acceptors (Lipinski definition) is 4. The maximum atomic E-state index is 4.37. The summed E-state index contributed by atoms with van der Waals surface area (Å²) in [6.07, 6.45) is 5.06. The summed E-state index contributed by atoms with van der Waals surface area (Å²) < 4.78 is 0. The van der Waals surface area contributed by atoms with Crippen LogP contribution in [0.3, 0.4) is 0 Å². The zero-order valence-corrected chi connectivity index (χ0v) is 9.95. The third kappa shape index (κ3) is 2.92. The number of nitrogens with zero attached hydrogens (tertiary/aromatic N) is 3. The average Bonchev–Trinajstić information content (AvgIpc) is 2.58. The minimum absolute atomic E-state index is 1.04. The largest absolute Gasteiger partial charge is 0.355 e. The third-order valence-corrected chi connectivity index (χ3v) is 2.88. The Bertz CT molecular complexity index is 319. The molecule has 4 nitrogen and oxygen atoms in total. The van der Waals surface area contributed by atoms with E-state index in [1.165, 1.54) is 6.42 Å². The van der Waals surface area contributed by atoms with Crippen LogP contribution in [-0.4, -0.2) is 36.1 Å². The van der Waals surface area contributed by atoms with Crippen LogP contribution in [0.4, 0.5) is 5.82 Å². The first-order chi connectivity index (χ1) is 7.90. The second kappa shape index (κ2) is 5.80. The minimum atomic E-state index is 1.04. The normalized spacial score (nSPS) is 17.2. The summed E-state index contributed by atoms with van der Waals surface area (Å²) in [5.41, 5.74) is 1.16. The molecule has 0 radical (unpaired) electrons. The van der Waals surface area contributed by atoms with Crippen molar-refractivity contribution >= 4 is 5.82 Å². The predicted octanol–water partition coefficient (Wildman–Crippen LogP) is 1.23. The van der Waals surface area contributed by atoms with Gasteiger partial charge < -0.3 is 10.2 Å². The highest BCUT2D eigenvalue weighted by Gasteiger charge is 2.10. The number of anilines is 1. The van der Waals surface area contributed by atoms with E-state index < -0.39 is 0 Å². The van der Waals surface area contributed by atoms with Crippen molar-refractivity contribution in [3.05, 3.63) is 18.1 Å². The second-order valence-corrected chi connectivity index (χ2v) is 4.21. The van der Waals surface area contributed by atoms with Gasteiger partial charge >= 0.3 is 0 Å². The Morgan fingerprint density at radius 2 is 2.25 bits per heavy atom. The SMILES string of the molecule is CCCc1cc(N2CCCNCC2)ncn1. The van der Waals surface area contributed by atoms with Crippen LogP contribution in [0.1, 0.15) is 25.5 Å². The molecule has 1 saturated heterocycles. The van der Waals surface area contributed by atoms with Crippen LogP contribution in [0.2, 0.25) is 0 Å². The van der Waals surface area contributed by atoms with Gasteiger partial charge in [0, 0.05) is 31.4 Å². The monoisotopic (exact) mass is 220 g/mol. The summed E-state index contributed by atoms with van der Waals surface area (Å²) in [5.74, 6) is 1.09. The van der Waals surface area contributed by atoms with Crippen LogP contribution in [-0.2, 0) is 6.42 Å². The second-order valence-electron chi connectivity index (χ2n) is 4.21.